The molecule has 1 atom stereocenters. The second-order valence-corrected chi connectivity index (χ2v) is 7.41. The largest absolute Gasteiger partial charge is 0.486 e. The Kier molecular flexibility index (Phi) is 5.32. The van der Waals surface area contributed by atoms with Crippen molar-refractivity contribution in [3.63, 3.8) is 0 Å². The van der Waals surface area contributed by atoms with Crippen LogP contribution in [0.15, 0.2) is 36.4 Å². The van der Waals surface area contributed by atoms with Crippen LogP contribution in [0.1, 0.15) is 24.4 Å². The van der Waals surface area contributed by atoms with Crippen LogP contribution >= 0.6 is 23.2 Å². The van der Waals surface area contributed by atoms with E-state index in [-0.39, 0.29) is 18.6 Å². The van der Waals surface area contributed by atoms with Gasteiger partial charge in [0, 0.05) is 16.6 Å². The Balaban J connectivity index is 1.45. The fourth-order valence-electron chi connectivity index (χ4n) is 3.52. The van der Waals surface area contributed by atoms with Crippen LogP contribution < -0.4 is 14.2 Å². The Hall–Kier alpha value is -2.11. The van der Waals surface area contributed by atoms with Gasteiger partial charge in [-0.2, -0.15) is 0 Å². The Labute approximate surface area is 167 Å². The molecular weight excluding hydrogens is 389 g/mol. The molecule has 0 saturated carbocycles. The van der Waals surface area contributed by atoms with Gasteiger partial charge in [0.2, 0.25) is 0 Å². The van der Waals surface area contributed by atoms with Gasteiger partial charge >= 0.3 is 0 Å². The topological polar surface area (TPSA) is 48.0 Å². The number of fused-ring (bicyclic) bond motifs is 1. The molecule has 1 amide bonds. The molecule has 142 valence electrons. The van der Waals surface area contributed by atoms with Crippen LogP contribution in [-0.2, 0) is 4.79 Å². The molecule has 2 aromatic rings. The fourth-order valence-corrected chi connectivity index (χ4v) is 4.02. The lowest BCUT2D eigenvalue weighted by atomic mass is 10.0. The van der Waals surface area contributed by atoms with Crippen molar-refractivity contribution < 1.29 is 19.0 Å². The highest BCUT2D eigenvalue weighted by Gasteiger charge is 2.31. The number of ether oxygens (including phenoxy) is 3. The molecule has 0 aliphatic carbocycles. The first-order chi connectivity index (χ1) is 13.1. The molecule has 2 aliphatic heterocycles. The Bertz CT molecular complexity index is 838. The highest BCUT2D eigenvalue weighted by atomic mass is 35.5. The van der Waals surface area contributed by atoms with Crippen LogP contribution in [-0.4, -0.2) is 37.2 Å². The Morgan fingerprint density at radius 2 is 1.81 bits per heavy atom. The van der Waals surface area contributed by atoms with Gasteiger partial charge in [-0.15, -0.1) is 0 Å². The molecule has 2 heterocycles. The van der Waals surface area contributed by atoms with E-state index in [1.165, 1.54) is 0 Å². The summed E-state index contributed by atoms with van der Waals surface area (Å²) >= 11 is 11.9. The zero-order valence-electron chi connectivity index (χ0n) is 14.6. The molecule has 0 spiro atoms. The van der Waals surface area contributed by atoms with Crippen molar-refractivity contribution in [1.82, 2.24) is 4.90 Å². The minimum Gasteiger partial charge on any atom is -0.486 e. The van der Waals surface area contributed by atoms with E-state index >= 15 is 0 Å². The van der Waals surface area contributed by atoms with E-state index in [9.17, 15) is 4.79 Å². The van der Waals surface area contributed by atoms with Gasteiger partial charge in [-0.25, -0.2) is 0 Å². The zero-order valence-corrected chi connectivity index (χ0v) is 16.1. The van der Waals surface area contributed by atoms with Crippen molar-refractivity contribution in [1.29, 1.82) is 0 Å². The molecular formula is C20H19Cl2NO4. The summed E-state index contributed by atoms with van der Waals surface area (Å²) < 4.78 is 16.9. The molecule has 27 heavy (non-hydrogen) atoms. The Morgan fingerprint density at radius 3 is 2.59 bits per heavy atom. The number of hydrogen-bond donors (Lipinski definition) is 0. The van der Waals surface area contributed by atoms with E-state index in [0.29, 0.717) is 35.6 Å². The van der Waals surface area contributed by atoms with Crippen molar-refractivity contribution in [2.75, 3.05) is 26.4 Å². The maximum absolute atomic E-state index is 12.7. The Morgan fingerprint density at radius 1 is 1.07 bits per heavy atom. The molecule has 2 aromatic carbocycles. The first-order valence-corrected chi connectivity index (χ1v) is 9.64. The number of halogens is 2. The molecule has 4 rings (SSSR count). The number of rotatable bonds is 4. The highest BCUT2D eigenvalue weighted by Crippen LogP contribution is 2.38. The summed E-state index contributed by atoms with van der Waals surface area (Å²) in [5, 5.41) is 0.945. The summed E-state index contributed by atoms with van der Waals surface area (Å²) in [6.45, 7) is 1.75. The predicted octanol–water partition coefficient (Wildman–Crippen LogP) is 4.51. The third kappa shape index (κ3) is 4.09. The standard InChI is InChI=1S/C20H19Cl2NO4/c21-14-9-15(22)11-16(10-14)27-12-20(24)23-5-1-2-17(23)13-3-4-18-19(8-13)26-7-6-25-18/h3-4,8-11,17H,1-2,5-7,12H2. The van der Waals surface area contributed by atoms with Crippen LogP contribution in [0.2, 0.25) is 10.0 Å². The normalized spacial score (nSPS) is 18.4. The highest BCUT2D eigenvalue weighted by molar-refractivity contribution is 6.34. The van der Waals surface area contributed by atoms with Crippen molar-refractivity contribution in [2.45, 2.75) is 18.9 Å². The van der Waals surface area contributed by atoms with Gasteiger partial charge in [0.05, 0.1) is 6.04 Å². The average Bonchev–Trinajstić information content (AvgIpc) is 3.15. The third-order valence-electron chi connectivity index (χ3n) is 4.72. The van der Waals surface area contributed by atoms with Crippen LogP contribution in [0, 0.1) is 0 Å². The monoisotopic (exact) mass is 407 g/mol. The van der Waals surface area contributed by atoms with Gasteiger partial charge < -0.3 is 19.1 Å². The van der Waals surface area contributed by atoms with Crippen LogP contribution in [0.4, 0.5) is 0 Å². The molecule has 0 bridgehead atoms. The smallest absolute Gasteiger partial charge is 0.261 e. The molecule has 2 aliphatic rings. The summed E-state index contributed by atoms with van der Waals surface area (Å²) in [7, 11) is 0. The lowest BCUT2D eigenvalue weighted by Crippen LogP contribution is -2.34. The van der Waals surface area contributed by atoms with Crippen LogP contribution in [0.25, 0.3) is 0 Å². The summed E-state index contributed by atoms with van der Waals surface area (Å²) in [4.78, 5) is 14.6. The summed E-state index contributed by atoms with van der Waals surface area (Å²) in [5.74, 6) is 1.91. The first-order valence-electron chi connectivity index (χ1n) is 8.88. The van der Waals surface area contributed by atoms with Crippen LogP contribution in [0.3, 0.4) is 0 Å². The van der Waals surface area contributed by atoms with Crippen LogP contribution in [0.5, 0.6) is 17.2 Å². The third-order valence-corrected chi connectivity index (χ3v) is 5.16. The molecule has 5 nitrogen and oxygen atoms in total. The van der Waals surface area contributed by atoms with E-state index < -0.39 is 0 Å². The lowest BCUT2D eigenvalue weighted by molar-refractivity contribution is -0.134. The van der Waals surface area contributed by atoms with Gasteiger partial charge in [0.25, 0.3) is 5.91 Å². The summed E-state index contributed by atoms with van der Waals surface area (Å²) in [6, 6.07) is 10.8. The minimum absolute atomic E-state index is 0.0138. The minimum atomic E-state index is -0.0662. The van der Waals surface area contributed by atoms with Crippen molar-refractivity contribution in [2.24, 2.45) is 0 Å². The summed E-state index contributed by atoms with van der Waals surface area (Å²) in [5.41, 5.74) is 1.05. The van der Waals surface area contributed by atoms with Crippen molar-refractivity contribution in [3.05, 3.63) is 52.0 Å². The summed E-state index contributed by atoms with van der Waals surface area (Å²) in [6.07, 6.45) is 1.86. The van der Waals surface area contributed by atoms with Gasteiger partial charge in [0.15, 0.2) is 18.1 Å². The van der Waals surface area contributed by atoms with Gasteiger partial charge in [-0.1, -0.05) is 29.3 Å². The quantitative estimate of drug-likeness (QED) is 0.747. The van der Waals surface area contributed by atoms with Gasteiger partial charge in [-0.3, -0.25) is 4.79 Å². The SMILES string of the molecule is O=C(COc1cc(Cl)cc(Cl)c1)N1CCCC1c1ccc2c(c1)OCCO2. The average molecular weight is 408 g/mol. The van der Waals surface area contributed by atoms with Gasteiger partial charge in [-0.05, 0) is 48.7 Å². The molecule has 0 aromatic heterocycles. The zero-order chi connectivity index (χ0) is 18.8. The molecule has 1 fully saturated rings. The lowest BCUT2D eigenvalue weighted by Gasteiger charge is -2.26. The molecule has 0 radical (unpaired) electrons. The number of amides is 1. The van der Waals surface area contributed by atoms with Crippen molar-refractivity contribution in [3.8, 4) is 17.2 Å². The maximum Gasteiger partial charge on any atom is 0.261 e. The van der Waals surface area contributed by atoms with E-state index in [2.05, 4.69) is 0 Å². The van der Waals surface area contributed by atoms with E-state index in [1.807, 2.05) is 23.1 Å². The van der Waals surface area contributed by atoms with E-state index in [0.717, 1.165) is 29.9 Å². The molecule has 0 N–H and O–H groups in total. The number of nitrogens with zero attached hydrogens (tertiary/aromatic N) is 1. The maximum atomic E-state index is 12.7. The first kappa shape index (κ1) is 18.3. The number of carbonyl (C=O) groups is 1. The number of hydrogen-bond acceptors (Lipinski definition) is 4. The van der Waals surface area contributed by atoms with E-state index in [1.54, 1.807) is 18.2 Å². The fraction of sp³-hybridized carbons (Fsp3) is 0.350. The predicted molar refractivity (Wildman–Crippen MR) is 103 cm³/mol. The molecule has 1 saturated heterocycles. The second-order valence-electron chi connectivity index (χ2n) is 6.54. The molecule has 7 heteroatoms. The number of carbonyl (C=O) groups excluding carboxylic acids is 1. The van der Waals surface area contributed by atoms with E-state index in [4.69, 9.17) is 37.4 Å². The number of likely N-dealkylation sites (tertiary alicyclic amines) is 1. The van der Waals surface area contributed by atoms with Gasteiger partial charge in [0.1, 0.15) is 19.0 Å². The number of benzene rings is 2. The molecule has 1 unspecified atom stereocenters. The van der Waals surface area contributed by atoms with Crippen molar-refractivity contribution >= 4 is 29.1 Å². The second kappa shape index (κ2) is 7.87.